The highest BCUT2D eigenvalue weighted by molar-refractivity contribution is 6.30. The molecule has 0 amide bonds. The molecule has 1 aliphatic heterocycles. The minimum Gasteiger partial charge on any atom is -0.379 e. The van der Waals surface area contributed by atoms with Crippen LogP contribution >= 0.6 is 35.6 Å². The molecule has 0 bridgehead atoms. The van der Waals surface area contributed by atoms with Crippen molar-refractivity contribution in [2.24, 2.45) is 0 Å². The summed E-state index contributed by atoms with van der Waals surface area (Å²) in [6.07, 6.45) is 0.361. The maximum atomic E-state index is 14.3. The molecule has 0 aliphatic carbocycles. The number of benzene rings is 1. The van der Waals surface area contributed by atoms with E-state index in [1.165, 1.54) is 6.07 Å². The zero-order valence-corrected chi connectivity index (χ0v) is 17.6. The normalized spacial score (nSPS) is 15.0. The van der Waals surface area contributed by atoms with E-state index in [1.807, 2.05) is 13.0 Å². The molecule has 9 heteroatoms. The Labute approximate surface area is 178 Å². The van der Waals surface area contributed by atoms with Crippen LogP contribution in [-0.4, -0.2) is 45.8 Å². The summed E-state index contributed by atoms with van der Waals surface area (Å²) >= 11 is 12.1. The van der Waals surface area contributed by atoms with E-state index in [0.717, 1.165) is 55.4 Å². The second-order valence-electron chi connectivity index (χ2n) is 6.67. The summed E-state index contributed by atoms with van der Waals surface area (Å²) in [5.74, 6) is -0.340. The van der Waals surface area contributed by atoms with E-state index < -0.39 is 0 Å². The topological polar surface area (TPSA) is 42.7 Å². The second kappa shape index (κ2) is 8.93. The van der Waals surface area contributed by atoms with Gasteiger partial charge in [-0.25, -0.2) is 13.9 Å². The lowest BCUT2D eigenvalue weighted by Gasteiger charge is -2.26. The van der Waals surface area contributed by atoms with E-state index >= 15 is 0 Å². The van der Waals surface area contributed by atoms with Gasteiger partial charge in [0.25, 0.3) is 0 Å². The number of fused-ring (bicyclic) bond motifs is 1. The first-order chi connectivity index (χ1) is 13.0. The Morgan fingerprint density at radius 2 is 1.89 bits per heavy atom. The summed E-state index contributed by atoms with van der Waals surface area (Å²) in [7, 11) is 0. The van der Waals surface area contributed by atoms with Crippen LogP contribution in [0.2, 0.25) is 10.2 Å². The highest BCUT2D eigenvalue weighted by Crippen LogP contribution is 2.24. The van der Waals surface area contributed by atoms with E-state index in [9.17, 15) is 4.39 Å². The molecule has 150 valence electrons. The van der Waals surface area contributed by atoms with Crippen molar-refractivity contribution in [3.05, 3.63) is 62.8 Å². The molecule has 0 unspecified atom stereocenters. The van der Waals surface area contributed by atoms with Gasteiger partial charge in [0, 0.05) is 36.6 Å². The van der Waals surface area contributed by atoms with Crippen LogP contribution in [0.4, 0.5) is 4.39 Å². The van der Waals surface area contributed by atoms with Crippen LogP contribution in [0, 0.1) is 12.7 Å². The van der Waals surface area contributed by atoms with Gasteiger partial charge in [0.05, 0.1) is 24.6 Å². The van der Waals surface area contributed by atoms with Gasteiger partial charge in [-0.05, 0) is 30.7 Å². The predicted molar refractivity (Wildman–Crippen MR) is 110 cm³/mol. The van der Waals surface area contributed by atoms with Gasteiger partial charge < -0.3 is 4.74 Å². The lowest BCUT2D eigenvalue weighted by atomic mass is 10.1. The van der Waals surface area contributed by atoms with Crippen molar-refractivity contribution in [3.63, 3.8) is 0 Å². The Hall–Kier alpha value is -1.44. The summed E-state index contributed by atoms with van der Waals surface area (Å²) in [4.78, 5) is 7.00. The summed E-state index contributed by atoms with van der Waals surface area (Å²) in [6, 6.07) is 6.55. The number of halogens is 4. The summed E-state index contributed by atoms with van der Waals surface area (Å²) in [6.45, 7) is 5.82. The molecule has 1 aromatic carbocycles. The van der Waals surface area contributed by atoms with Crippen LogP contribution in [0.3, 0.4) is 0 Å². The summed E-state index contributed by atoms with van der Waals surface area (Å²) < 4.78 is 21.4. The second-order valence-corrected chi connectivity index (χ2v) is 7.50. The van der Waals surface area contributed by atoms with E-state index in [-0.39, 0.29) is 18.2 Å². The van der Waals surface area contributed by atoms with Gasteiger partial charge in [0.1, 0.15) is 5.82 Å². The molecular formula is C19H20Cl3FN4O. The lowest BCUT2D eigenvalue weighted by Crippen LogP contribution is -2.35. The molecule has 1 fully saturated rings. The maximum Gasteiger partial charge on any atom is 0.158 e. The Balaban J connectivity index is 0.00000225. The molecule has 3 heterocycles. The Morgan fingerprint density at radius 1 is 1.14 bits per heavy atom. The van der Waals surface area contributed by atoms with Crippen LogP contribution in [0.1, 0.15) is 22.5 Å². The average Bonchev–Trinajstić information content (AvgIpc) is 2.94. The quantitative estimate of drug-likeness (QED) is 0.599. The van der Waals surface area contributed by atoms with Gasteiger partial charge in [0.15, 0.2) is 10.8 Å². The fourth-order valence-corrected chi connectivity index (χ4v) is 3.73. The number of aromatic nitrogens is 3. The SMILES string of the molecule is Cc1nc2c(CN3CCOCC3)cc(Cl)nn2c1Cc1ccc(Cl)cc1F.Cl. The molecule has 4 rings (SSSR count). The molecule has 0 saturated carbocycles. The molecule has 1 aliphatic rings. The van der Waals surface area contributed by atoms with Gasteiger partial charge in [-0.3, -0.25) is 4.90 Å². The Morgan fingerprint density at radius 3 is 2.61 bits per heavy atom. The third kappa shape index (κ3) is 4.42. The fraction of sp³-hybridized carbons (Fsp3) is 0.368. The number of hydrogen-bond acceptors (Lipinski definition) is 4. The zero-order chi connectivity index (χ0) is 19.0. The van der Waals surface area contributed by atoms with Crippen molar-refractivity contribution in [2.45, 2.75) is 19.9 Å². The summed E-state index contributed by atoms with van der Waals surface area (Å²) in [5, 5.41) is 5.19. The molecule has 5 nitrogen and oxygen atoms in total. The predicted octanol–water partition coefficient (Wildman–Crippen LogP) is 4.33. The molecule has 0 atom stereocenters. The molecule has 0 N–H and O–H groups in total. The van der Waals surface area contributed by atoms with Crippen molar-refractivity contribution in [2.75, 3.05) is 26.3 Å². The highest BCUT2D eigenvalue weighted by Gasteiger charge is 2.19. The molecule has 3 aromatic rings. The van der Waals surface area contributed by atoms with Gasteiger partial charge >= 0.3 is 0 Å². The zero-order valence-electron chi connectivity index (χ0n) is 15.3. The number of nitrogens with zero attached hydrogens (tertiary/aromatic N) is 4. The smallest absolute Gasteiger partial charge is 0.158 e. The van der Waals surface area contributed by atoms with Crippen molar-refractivity contribution in [3.8, 4) is 0 Å². The Kier molecular flexibility index (Phi) is 6.78. The largest absolute Gasteiger partial charge is 0.379 e. The van der Waals surface area contributed by atoms with Gasteiger partial charge in [0.2, 0.25) is 0 Å². The third-order valence-corrected chi connectivity index (χ3v) is 5.21. The first-order valence-electron chi connectivity index (χ1n) is 8.79. The van der Waals surface area contributed by atoms with Crippen molar-refractivity contribution in [1.82, 2.24) is 19.5 Å². The van der Waals surface area contributed by atoms with Crippen molar-refractivity contribution < 1.29 is 9.13 Å². The minimum absolute atomic E-state index is 0. The van der Waals surface area contributed by atoms with Gasteiger partial charge in [-0.1, -0.05) is 29.3 Å². The van der Waals surface area contributed by atoms with E-state index in [2.05, 4.69) is 10.00 Å². The van der Waals surface area contributed by atoms with Crippen LogP contribution < -0.4 is 0 Å². The van der Waals surface area contributed by atoms with Gasteiger partial charge in [-0.2, -0.15) is 5.10 Å². The van der Waals surface area contributed by atoms with Crippen LogP contribution in [0.15, 0.2) is 24.3 Å². The van der Waals surface area contributed by atoms with Crippen LogP contribution in [0.25, 0.3) is 5.65 Å². The molecule has 2 aromatic heterocycles. The summed E-state index contributed by atoms with van der Waals surface area (Å²) in [5.41, 5.74) is 3.93. The van der Waals surface area contributed by atoms with Crippen LogP contribution in [0.5, 0.6) is 0 Å². The standard InChI is InChI=1S/C19H19Cl2FN4O.ClH/c1-12-17(8-13-2-3-15(20)10-16(13)22)26-19(23-12)14(9-18(21)24-26)11-25-4-6-27-7-5-25;/h2-3,9-10H,4-8,11H2,1H3;1H. The van der Waals surface area contributed by atoms with E-state index in [4.69, 9.17) is 32.9 Å². The molecular weight excluding hydrogens is 426 g/mol. The number of hydrogen-bond donors (Lipinski definition) is 0. The Bertz CT molecular complexity index is 989. The number of ether oxygens (including phenoxy) is 1. The highest BCUT2D eigenvalue weighted by atomic mass is 35.5. The number of morpholine rings is 1. The molecule has 0 spiro atoms. The molecule has 0 radical (unpaired) electrons. The van der Waals surface area contributed by atoms with Crippen molar-refractivity contribution in [1.29, 1.82) is 0 Å². The first-order valence-corrected chi connectivity index (χ1v) is 9.54. The maximum absolute atomic E-state index is 14.3. The average molecular weight is 446 g/mol. The lowest BCUT2D eigenvalue weighted by molar-refractivity contribution is 0.0343. The van der Waals surface area contributed by atoms with E-state index in [1.54, 1.807) is 16.6 Å². The molecule has 28 heavy (non-hydrogen) atoms. The van der Waals surface area contributed by atoms with Crippen molar-refractivity contribution >= 4 is 41.3 Å². The third-order valence-electron chi connectivity index (χ3n) is 4.79. The first kappa shape index (κ1) is 21.3. The molecule has 1 saturated heterocycles. The number of rotatable bonds is 4. The number of imidazole rings is 1. The monoisotopic (exact) mass is 444 g/mol. The van der Waals surface area contributed by atoms with E-state index in [0.29, 0.717) is 22.2 Å². The van der Waals surface area contributed by atoms with Crippen LogP contribution in [-0.2, 0) is 17.7 Å². The number of aryl methyl sites for hydroxylation is 1. The minimum atomic E-state index is -0.340. The fourth-order valence-electron chi connectivity index (χ4n) is 3.36. The van der Waals surface area contributed by atoms with Gasteiger partial charge in [-0.15, -0.1) is 12.4 Å².